The van der Waals surface area contributed by atoms with E-state index < -0.39 is 17.9 Å². The summed E-state index contributed by atoms with van der Waals surface area (Å²) in [5, 5.41) is 0. The van der Waals surface area contributed by atoms with Gasteiger partial charge in [0.25, 0.3) is 0 Å². The number of aromatic nitrogens is 2. The van der Waals surface area contributed by atoms with Crippen molar-refractivity contribution in [3.05, 3.63) is 54.1 Å². The van der Waals surface area contributed by atoms with Crippen molar-refractivity contribution in [2.75, 3.05) is 25.2 Å². The van der Waals surface area contributed by atoms with Gasteiger partial charge in [-0.1, -0.05) is 44.2 Å². The molecule has 1 aromatic heterocycles. The zero-order chi connectivity index (χ0) is 22.8. The summed E-state index contributed by atoms with van der Waals surface area (Å²) in [5.41, 5.74) is 2.37. The molecule has 1 amide bonds. The van der Waals surface area contributed by atoms with Crippen LogP contribution in [0.25, 0.3) is 11.0 Å². The Kier molecular flexibility index (Phi) is 6.17. The summed E-state index contributed by atoms with van der Waals surface area (Å²) < 4.78 is 13.0. The lowest BCUT2D eigenvalue weighted by atomic mass is 9.88. The summed E-state index contributed by atoms with van der Waals surface area (Å²) >= 11 is 0. The van der Waals surface area contributed by atoms with Gasteiger partial charge in [0.2, 0.25) is 11.9 Å². The zero-order valence-electron chi connectivity index (χ0n) is 18.9. The van der Waals surface area contributed by atoms with Gasteiger partial charge in [-0.3, -0.25) is 14.5 Å². The van der Waals surface area contributed by atoms with E-state index in [0.29, 0.717) is 24.2 Å². The number of para-hydroxylation sites is 3. The van der Waals surface area contributed by atoms with Crippen molar-refractivity contribution in [1.29, 1.82) is 0 Å². The number of nitrogens with zero attached hydrogens (tertiary/aromatic N) is 3. The fraction of sp³-hybridized carbons (Fsp3) is 0.400. The normalized spacial score (nSPS) is 18.2. The number of esters is 1. The van der Waals surface area contributed by atoms with E-state index in [-0.39, 0.29) is 12.5 Å². The lowest BCUT2D eigenvalue weighted by molar-refractivity contribution is -0.153. The number of methoxy groups -OCH3 is 1. The maximum Gasteiger partial charge on any atom is 0.321 e. The first-order valence-corrected chi connectivity index (χ1v) is 11.1. The fourth-order valence-corrected chi connectivity index (χ4v) is 4.34. The highest BCUT2D eigenvalue weighted by Gasteiger charge is 2.48. The Morgan fingerprint density at radius 1 is 1.12 bits per heavy atom. The first-order chi connectivity index (χ1) is 15.5. The highest BCUT2D eigenvalue weighted by Crippen LogP contribution is 2.43. The minimum absolute atomic E-state index is 0.199. The number of benzene rings is 2. The van der Waals surface area contributed by atoms with E-state index in [1.165, 1.54) is 0 Å². The van der Waals surface area contributed by atoms with E-state index in [0.717, 1.165) is 23.0 Å². The maximum atomic E-state index is 13.8. The van der Waals surface area contributed by atoms with Crippen molar-refractivity contribution in [1.82, 2.24) is 9.55 Å². The first kappa shape index (κ1) is 21.9. The average Bonchev–Trinajstić information content (AvgIpc) is 3.16. The van der Waals surface area contributed by atoms with Crippen LogP contribution in [0.15, 0.2) is 48.5 Å². The zero-order valence-corrected chi connectivity index (χ0v) is 18.9. The molecule has 2 atom stereocenters. The summed E-state index contributed by atoms with van der Waals surface area (Å²) in [6, 6.07) is 14.6. The van der Waals surface area contributed by atoms with Crippen LogP contribution in [0.2, 0.25) is 0 Å². The molecule has 1 aliphatic heterocycles. The van der Waals surface area contributed by atoms with Gasteiger partial charge >= 0.3 is 5.97 Å². The molecule has 1 aliphatic rings. The maximum absolute atomic E-state index is 13.8. The number of carbonyl (C=O) groups is 2. The van der Waals surface area contributed by atoms with Gasteiger partial charge in [0.05, 0.1) is 30.8 Å². The Hall–Kier alpha value is -3.35. The van der Waals surface area contributed by atoms with Crippen LogP contribution in [0.5, 0.6) is 5.75 Å². The molecule has 32 heavy (non-hydrogen) atoms. The monoisotopic (exact) mass is 435 g/mol. The third-order valence-electron chi connectivity index (χ3n) is 5.87. The number of amides is 1. The highest BCUT2D eigenvalue weighted by atomic mass is 16.5. The van der Waals surface area contributed by atoms with Crippen LogP contribution >= 0.6 is 0 Å². The van der Waals surface area contributed by atoms with E-state index in [9.17, 15) is 9.59 Å². The molecule has 168 valence electrons. The van der Waals surface area contributed by atoms with E-state index in [1.807, 2.05) is 53.1 Å². The Labute approximate surface area is 187 Å². The second-order valence-corrected chi connectivity index (χ2v) is 8.36. The summed E-state index contributed by atoms with van der Waals surface area (Å²) in [4.78, 5) is 33.5. The molecule has 0 N–H and O–H groups in total. The lowest BCUT2D eigenvalue weighted by Crippen LogP contribution is -2.50. The Morgan fingerprint density at radius 3 is 2.56 bits per heavy atom. The van der Waals surface area contributed by atoms with Crippen molar-refractivity contribution < 1.29 is 19.1 Å². The van der Waals surface area contributed by atoms with Crippen LogP contribution in [-0.4, -0.2) is 41.7 Å². The standard InChI is InChI=1S/C25H29N3O4/c1-5-32-24(30)21-22(17-10-6-9-13-20(17)31-4)28-19-12-8-7-11-18(19)26-25(28)27(23(21)29)15-14-16(2)3/h6-13,16,21-22H,5,14-15H2,1-4H3/t21-,22+/m0/s1. The molecule has 2 heterocycles. The predicted octanol–water partition coefficient (Wildman–Crippen LogP) is 4.21. The summed E-state index contributed by atoms with van der Waals surface area (Å²) in [6.45, 7) is 6.65. The molecule has 0 saturated carbocycles. The predicted molar refractivity (Wildman–Crippen MR) is 123 cm³/mol. The summed E-state index contributed by atoms with van der Waals surface area (Å²) in [6.07, 6.45) is 0.795. The van der Waals surface area contributed by atoms with Crippen LogP contribution < -0.4 is 9.64 Å². The summed E-state index contributed by atoms with van der Waals surface area (Å²) in [5.74, 6) is -0.307. The number of fused-ring (bicyclic) bond motifs is 3. The van der Waals surface area contributed by atoms with Crippen molar-refractivity contribution in [2.24, 2.45) is 11.8 Å². The lowest BCUT2D eigenvalue weighted by Gasteiger charge is -2.38. The van der Waals surface area contributed by atoms with Crippen molar-refractivity contribution in [3.63, 3.8) is 0 Å². The largest absolute Gasteiger partial charge is 0.496 e. The number of imidazole rings is 1. The summed E-state index contributed by atoms with van der Waals surface area (Å²) in [7, 11) is 1.59. The van der Waals surface area contributed by atoms with Crippen LogP contribution in [0.4, 0.5) is 5.95 Å². The average molecular weight is 436 g/mol. The molecular weight excluding hydrogens is 406 g/mol. The molecule has 0 unspecified atom stereocenters. The van der Waals surface area contributed by atoms with Gasteiger partial charge in [-0.2, -0.15) is 0 Å². The van der Waals surface area contributed by atoms with Crippen LogP contribution in [0.3, 0.4) is 0 Å². The quantitative estimate of drug-likeness (QED) is 0.411. The van der Waals surface area contributed by atoms with Crippen molar-refractivity contribution in [3.8, 4) is 5.75 Å². The molecule has 0 aliphatic carbocycles. The number of ether oxygens (including phenoxy) is 2. The molecule has 7 heteroatoms. The molecule has 4 rings (SSSR count). The molecule has 0 saturated heterocycles. The Balaban J connectivity index is 1.99. The topological polar surface area (TPSA) is 73.7 Å². The minimum Gasteiger partial charge on any atom is -0.496 e. The van der Waals surface area contributed by atoms with E-state index in [2.05, 4.69) is 13.8 Å². The van der Waals surface area contributed by atoms with E-state index in [4.69, 9.17) is 14.5 Å². The van der Waals surface area contributed by atoms with Gasteiger partial charge in [0.1, 0.15) is 5.75 Å². The SMILES string of the molecule is CCOC(=O)[C@@H]1C(=O)N(CCC(C)C)c2nc3ccccc3n2[C@@H]1c1ccccc1OC. The van der Waals surface area contributed by atoms with Crippen LogP contribution in [-0.2, 0) is 14.3 Å². The number of hydrogen-bond donors (Lipinski definition) is 0. The molecular formula is C25H29N3O4. The number of hydrogen-bond acceptors (Lipinski definition) is 5. The van der Waals surface area contributed by atoms with Crippen LogP contribution in [0.1, 0.15) is 38.8 Å². The molecule has 0 spiro atoms. The van der Waals surface area contributed by atoms with Gasteiger partial charge < -0.3 is 14.0 Å². The van der Waals surface area contributed by atoms with Gasteiger partial charge in [-0.25, -0.2) is 4.98 Å². The minimum atomic E-state index is -1.04. The highest BCUT2D eigenvalue weighted by molar-refractivity contribution is 6.08. The molecule has 0 fully saturated rings. The molecule has 0 radical (unpaired) electrons. The third-order valence-corrected chi connectivity index (χ3v) is 5.87. The van der Waals surface area contributed by atoms with Gasteiger partial charge in [0.15, 0.2) is 5.92 Å². The number of rotatable bonds is 7. The smallest absolute Gasteiger partial charge is 0.321 e. The Bertz CT molecular complexity index is 1140. The van der Waals surface area contributed by atoms with Gasteiger partial charge in [0, 0.05) is 12.1 Å². The number of carbonyl (C=O) groups excluding carboxylic acids is 2. The second kappa shape index (κ2) is 9.02. The van der Waals surface area contributed by atoms with E-state index >= 15 is 0 Å². The number of anilines is 1. The third kappa shape index (κ3) is 3.72. The van der Waals surface area contributed by atoms with Gasteiger partial charge in [-0.05, 0) is 37.5 Å². The molecule has 2 aromatic carbocycles. The second-order valence-electron chi connectivity index (χ2n) is 8.36. The van der Waals surface area contributed by atoms with Gasteiger partial charge in [-0.15, -0.1) is 0 Å². The molecule has 3 aromatic rings. The van der Waals surface area contributed by atoms with Crippen LogP contribution in [0, 0.1) is 11.8 Å². The van der Waals surface area contributed by atoms with Crippen molar-refractivity contribution in [2.45, 2.75) is 33.2 Å². The molecule has 0 bridgehead atoms. The first-order valence-electron chi connectivity index (χ1n) is 11.1. The van der Waals surface area contributed by atoms with Crippen molar-refractivity contribution >= 4 is 28.9 Å². The van der Waals surface area contributed by atoms with E-state index in [1.54, 1.807) is 18.9 Å². The fourth-order valence-electron chi connectivity index (χ4n) is 4.34. The molecule has 7 nitrogen and oxygen atoms in total. The Morgan fingerprint density at radius 2 is 1.84 bits per heavy atom.